The van der Waals surface area contributed by atoms with Gasteiger partial charge in [-0.25, -0.2) is 9.97 Å². The number of hydrogen-bond donors (Lipinski definition) is 2. The summed E-state index contributed by atoms with van der Waals surface area (Å²) in [4.78, 5) is 24.9. The predicted octanol–water partition coefficient (Wildman–Crippen LogP) is 2.91. The Bertz CT molecular complexity index is 1400. The Labute approximate surface area is 206 Å². The van der Waals surface area contributed by atoms with Crippen molar-refractivity contribution in [3.05, 3.63) is 60.0 Å². The fourth-order valence-corrected chi connectivity index (χ4v) is 3.62. The largest absolute Gasteiger partial charge is 0.494 e. The van der Waals surface area contributed by atoms with Crippen LogP contribution in [0.4, 0.5) is 0 Å². The van der Waals surface area contributed by atoms with Crippen LogP contribution in [0.3, 0.4) is 0 Å². The van der Waals surface area contributed by atoms with Gasteiger partial charge in [0, 0.05) is 37.7 Å². The molecular weight excluding hydrogens is 464 g/mol. The van der Waals surface area contributed by atoms with Crippen molar-refractivity contribution in [1.82, 2.24) is 20.3 Å². The maximum absolute atomic E-state index is 11.8. The third-order valence-corrected chi connectivity index (χ3v) is 5.51. The summed E-state index contributed by atoms with van der Waals surface area (Å²) < 4.78 is 22.5. The van der Waals surface area contributed by atoms with E-state index in [2.05, 4.69) is 32.9 Å². The molecule has 1 saturated heterocycles. The van der Waals surface area contributed by atoms with Gasteiger partial charge in [0.25, 0.3) is 5.91 Å². The molecule has 1 aliphatic rings. The number of carbonyl (C=O) groups is 1. The molecule has 11 nitrogen and oxygen atoms in total. The average Bonchev–Trinajstić information content (AvgIpc) is 3.36. The molecule has 1 aliphatic heterocycles. The zero-order valence-corrected chi connectivity index (χ0v) is 19.8. The Morgan fingerprint density at radius 3 is 2.83 bits per heavy atom. The molecule has 11 heteroatoms. The summed E-state index contributed by atoms with van der Waals surface area (Å²) in [7, 11) is 2.86. The van der Waals surface area contributed by atoms with Crippen LogP contribution < -0.4 is 10.1 Å². The van der Waals surface area contributed by atoms with Gasteiger partial charge >= 0.3 is 0 Å². The smallest absolute Gasteiger partial charge is 0.250 e. The van der Waals surface area contributed by atoms with Gasteiger partial charge in [-0.3, -0.25) is 15.2 Å². The van der Waals surface area contributed by atoms with Gasteiger partial charge in [-0.05, 0) is 12.1 Å². The quantitative estimate of drug-likeness (QED) is 0.211. The molecule has 0 saturated carbocycles. The standard InChI is InChI=1S/C25H24N6O5/c1-14(25(32)28-2)10-19(33-3)22(27)20-11-17-23(36-20)16(4-7-29-17)24-30-13-21(18(12-26)31-24)35-15-5-8-34-9-6-15/h4,7,10-11,13,15,27H,1,5-6,8-9H2,2-3H3,(H,28,32)/b19-10+,27-22?. The van der Waals surface area contributed by atoms with Crippen molar-refractivity contribution >= 4 is 22.7 Å². The van der Waals surface area contributed by atoms with E-state index in [1.165, 1.54) is 26.4 Å². The van der Waals surface area contributed by atoms with Crippen molar-refractivity contribution in [2.24, 2.45) is 0 Å². The minimum atomic E-state index is -0.402. The number of aromatic nitrogens is 3. The third-order valence-electron chi connectivity index (χ3n) is 5.51. The molecule has 2 N–H and O–H groups in total. The summed E-state index contributed by atoms with van der Waals surface area (Å²) in [5, 5.41) is 20.6. The number of likely N-dealkylation sites (N-methyl/N-ethyl adjacent to an activating group) is 1. The molecule has 1 fully saturated rings. The molecule has 3 aromatic rings. The first-order valence-corrected chi connectivity index (χ1v) is 11.1. The topological polar surface area (TPSA) is 156 Å². The lowest BCUT2D eigenvalue weighted by Crippen LogP contribution is -2.26. The van der Waals surface area contributed by atoms with E-state index < -0.39 is 5.91 Å². The van der Waals surface area contributed by atoms with Crippen LogP contribution in [0, 0.1) is 16.7 Å². The number of fused-ring (bicyclic) bond motifs is 1. The second-order valence-electron chi connectivity index (χ2n) is 7.82. The van der Waals surface area contributed by atoms with E-state index in [0.717, 1.165) is 12.8 Å². The maximum atomic E-state index is 11.8. The van der Waals surface area contributed by atoms with Gasteiger partial charge in [-0.1, -0.05) is 6.58 Å². The molecule has 0 radical (unpaired) electrons. The lowest BCUT2D eigenvalue weighted by molar-refractivity contribution is -0.116. The van der Waals surface area contributed by atoms with Crippen LogP contribution >= 0.6 is 0 Å². The Kier molecular flexibility index (Phi) is 7.36. The molecule has 36 heavy (non-hydrogen) atoms. The van der Waals surface area contributed by atoms with Crippen molar-refractivity contribution in [2.75, 3.05) is 27.4 Å². The highest BCUT2D eigenvalue weighted by atomic mass is 16.5. The van der Waals surface area contributed by atoms with Crippen LogP contribution in [0.15, 0.2) is 52.9 Å². The molecule has 0 atom stereocenters. The zero-order chi connectivity index (χ0) is 25.7. The minimum absolute atomic E-state index is 0.0610. The molecule has 0 spiro atoms. The number of rotatable bonds is 8. The number of nitrogens with one attached hydrogen (secondary N) is 2. The molecule has 184 valence electrons. The van der Waals surface area contributed by atoms with E-state index in [-0.39, 0.29) is 40.4 Å². The number of nitrogens with zero attached hydrogens (tertiary/aromatic N) is 4. The number of hydrogen-bond acceptors (Lipinski definition) is 10. The fraction of sp³-hybridized carbons (Fsp3) is 0.280. The number of nitriles is 1. The molecule has 0 aromatic carbocycles. The average molecular weight is 489 g/mol. The maximum Gasteiger partial charge on any atom is 0.250 e. The van der Waals surface area contributed by atoms with Crippen molar-refractivity contribution in [2.45, 2.75) is 18.9 Å². The predicted molar refractivity (Wildman–Crippen MR) is 129 cm³/mol. The van der Waals surface area contributed by atoms with Crippen molar-refractivity contribution < 1.29 is 23.4 Å². The Hall–Kier alpha value is -4.56. The highest BCUT2D eigenvalue weighted by Gasteiger charge is 2.21. The molecule has 0 unspecified atom stereocenters. The Balaban J connectivity index is 1.66. The molecule has 0 aliphatic carbocycles. The van der Waals surface area contributed by atoms with Gasteiger partial charge in [-0.15, -0.1) is 0 Å². The number of methoxy groups -OCH3 is 1. The summed E-state index contributed by atoms with van der Waals surface area (Å²) in [6.07, 6.45) is 5.78. The van der Waals surface area contributed by atoms with Crippen LogP contribution in [0.2, 0.25) is 0 Å². The van der Waals surface area contributed by atoms with Gasteiger partial charge < -0.3 is 23.9 Å². The second kappa shape index (κ2) is 10.8. The minimum Gasteiger partial charge on any atom is -0.494 e. The van der Waals surface area contributed by atoms with Crippen LogP contribution in [0.25, 0.3) is 22.5 Å². The zero-order valence-electron chi connectivity index (χ0n) is 19.8. The first-order chi connectivity index (χ1) is 17.4. The highest BCUT2D eigenvalue weighted by molar-refractivity contribution is 6.11. The van der Waals surface area contributed by atoms with Crippen molar-refractivity contribution in [1.29, 1.82) is 10.7 Å². The second-order valence-corrected chi connectivity index (χ2v) is 7.82. The monoisotopic (exact) mass is 488 g/mol. The normalized spacial score (nSPS) is 14.2. The van der Waals surface area contributed by atoms with E-state index >= 15 is 0 Å². The number of ether oxygens (including phenoxy) is 3. The molecular formula is C25H24N6O5. The number of carbonyl (C=O) groups excluding carboxylic acids is 1. The summed E-state index contributed by atoms with van der Waals surface area (Å²) >= 11 is 0. The van der Waals surface area contributed by atoms with Crippen LogP contribution in [0.5, 0.6) is 5.75 Å². The number of amides is 1. The number of allylic oxidation sites excluding steroid dienone is 1. The first kappa shape index (κ1) is 24.6. The SMILES string of the molecule is C=C(/C=C(/OC)C(=N)c1cc2nccc(-c3ncc(OC4CCOCC4)c(C#N)n3)c2o1)C(=O)NC. The Morgan fingerprint density at radius 1 is 1.36 bits per heavy atom. The lowest BCUT2D eigenvalue weighted by Gasteiger charge is -2.23. The van der Waals surface area contributed by atoms with Crippen LogP contribution in [0.1, 0.15) is 24.3 Å². The summed E-state index contributed by atoms with van der Waals surface area (Å²) in [6.45, 7) is 4.89. The van der Waals surface area contributed by atoms with Crippen molar-refractivity contribution in [3.8, 4) is 23.2 Å². The van der Waals surface area contributed by atoms with Gasteiger partial charge in [-0.2, -0.15) is 5.26 Å². The molecule has 4 heterocycles. The van der Waals surface area contributed by atoms with Crippen LogP contribution in [-0.2, 0) is 14.3 Å². The van der Waals surface area contributed by atoms with E-state index in [9.17, 15) is 10.1 Å². The molecule has 0 bridgehead atoms. The third kappa shape index (κ3) is 5.08. The van der Waals surface area contributed by atoms with E-state index in [0.29, 0.717) is 35.6 Å². The summed E-state index contributed by atoms with van der Waals surface area (Å²) in [5.74, 6) is 0.401. The van der Waals surface area contributed by atoms with Gasteiger partial charge in [0.1, 0.15) is 29.2 Å². The van der Waals surface area contributed by atoms with Gasteiger partial charge in [0.15, 0.2) is 28.6 Å². The Morgan fingerprint density at radius 2 is 2.14 bits per heavy atom. The van der Waals surface area contributed by atoms with Gasteiger partial charge in [0.2, 0.25) is 0 Å². The fourth-order valence-electron chi connectivity index (χ4n) is 3.62. The van der Waals surface area contributed by atoms with E-state index in [1.54, 1.807) is 18.3 Å². The first-order valence-electron chi connectivity index (χ1n) is 11.1. The summed E-state index contributed by atoms with van der Waals surface area (Å²) in [6, 6.07) is 5.30. The van der Waals surface area contributed by atoms with E-state index in [1.807, 2.05) is 0 Å². The molecule has 4 rings (SSSR count). The van der Waals surface area contributed by atoms with Crippen molar-refractivity contribution in [3.63, 3.8) is 0 Å². The number of furan rings is 1. The molecule has 3 aromatic heterocycles. The van der Waals surface area contributed by atoms with E-state index in [4.69, 9.17) is 24.0 Å². The van der Waals surface area contributed by atoms with Crippen LogP contribution in [-0.4, -0.2) is 60.0 Å². The molecule has 1 amide bonds. The summed E-state index contributed by atoms with van der Waals surface area (Å²) in [5.41, 5.74) is 1.40. The lowest BCUT2D eigenvalue weighted by atomic mass is 10.1. The highest BCUT2D eigenvalue weighted by Crippen LogP contribution is 2.30. The number of pyridine rings is 1. The van der Waals surface area contributed by atoms with Gasteiger partial charge in [0.05, 0.1) is 32.1 Å².